The Labute approximate surface area is 218 Å². The molecule has 7 nitrogen and oxygen atoms in total. The molecule has 0 aliphatic carbocycles. The molecule has 0 spiro atoms. The fourth-order valence-corrected chi connectivity index (χ4v) is 4.89. The van der Waals surface area contributed by atoms with E-state index in [0.29, 0.717) is 21.9 Å². The monoisotopic (exact) mass is 514 g/mol. The Morgan fingerprint density at radius 1 is 1.05 bits per heavy atom. The molecule has 8 heteroatoms. The van der Waals surface area contributed by atoms with Crippen molar-refractivity contribution in [2.24, 2.45) is 5.92 Å². The zero-order valence-corrected chi connectivity index (χ0v) is 20.9. The van der Waals surface area contributed by atoms with E-state index < -0.39 is 29.6 Å². The Morgan fingerprint density at radius 3 is 2.49 bits per heavy atom. The summed E-state index contributed by atoms with van der Waals surface area (Å²) in [5, 5.41) is 10.5. The van der Waals surface area contributed by atoms with Crippen LogP contribution in [0, 0.1) is 17.2 Å². The van der Waals surface area contributed by atoms with Crippen molar-refractivity contribution < 1.29 is 23.8 Å². The number of benzene rings is 3. The summed E-state index contributed by atoms with van der Waals surface area (Å²) in [6, 6.07) is 22.1. The minimum Gasteiger partial charge on any atom is -0.487 e. The maximum absolute atomic E-state index is 13.1. The molecule has 0 unspecified atom stereocenters. The number of esters is 2. The standard InChI is InChI=1S/C29H23ClN2O5/c1-29(2)36-27(33)26(28(34)37-29)25(21-15-32-23-10-6-5-9-20(21)23)17-11-12-24(22(30)13-17)35-16-19-8-4-3-7-18(19)14-31/h3-13,15,25-26,32H,16H2,1-2H3/t25-/m0/s1. The Kier molecular flexibility index (Phi) is 6.36. The van der Waals surface area contributed by atoms with Crippen molar-refractivity contribution in [2.75, 3.05) is 0 Å². The number of ether oxygens (including phenoxy) is 3. The number of nitrogens with zero attached hydrogens (tertiary/aromatic N) is 1. The molecule has 1 saturated heterocycles. The zero-order valence-electron chi connectivity index (χ0n) is 20.2. The van der Waals surface area contributed by atoms with Crippen LogP contribution in [0.2, 0.25) is 5.02 Å². The first-order valence-corrected chi connectivity index (χ1v) is 12.1. The SMILES string of the molecule is CC1(C)OC(=O)C([C@@H](c2ccc(OCc3ccccc3C#N)c(Cl)c2)c2c[nH]c3ccccc23)C(=O)O1. The number of aromatic nitrogens is 1. The van der Waals surface area contributed by atoms with Crippen LogP contribution in [0.3, 0.4) is 0 Å². The van der Waals surface area contributed by atoms with Gasteiger partial charge in [-0.3, -0.25) is 9.59 Å². The van der Waals surface area contributed by atoms with Crippen molar-refractivity contribution in [1.82, 2.24) is 4.98 Å². The van der Waals surface area contributed by atoms with Crippen molar-refractivity contribution in [3.8, 4) is 11.8 Å². The highest BCUT2D eigenvalue weighted by Gasteiger charge is 2.48. The molecule has 4 aromatic rings. The molecule has 0 radical (unpaired) electrons. The molecule has 1 atom stereocenters. The van der Waals surface area contributed by atoms with E-state index >= 15 is 0 Å². The van der Waals surface area contributed by atoms with Gasteiger partial charge in [0.15, 0.2) is 5.92 Å². The van der Waals surface area contributed by atoms with Crippen LogP contribution in [-0.2, 0) is 25.7 Å². The molecule has 1 fully saturated rings. The number of hydrogen-bond donors (Lipinski definition) is 1. The van der Waals surface area contributed by atoms with Gasteiger partial charge >= 0.3 is 11.9 Å². The second-order valence-corrected chi connectivity index (χ2v) is 9.64. The van der Waals surface area contributed by atoms with Crippen LogP contribution in [0.4, 0.5) is 0 Å². The van der Waals surface area contributed by atoms with E-state index in [1.807, 2.05) is 36.4 Å². The summed E-state index contributed by atoms with van der Waals surface area (Å²) in [7, 11) is 0. The van der Waals surface area contributed by atoms with Gasteiger partial charge in [0.1, 0.15) is 12.4 Å². The van der Waals surface area contributed by atoms with Crippen LogP contribution in [0.5, 0.6) is 5.75 Å². The predicted octanol–water partition coefficient (Wildman–Crippen LogP) is 5.86. The number of H-pyrrole nitrogens is 1. The topological polar surface area (TPSA) is 101 Å². The van der Waals surface area contributed by atoms with Crippen LogP contribution in [-0.4, -0.2) is 22.7 Å². The van der Waals surface area contributed by atoms with Gasteiger partial charge in [-0.15, -0.1) is 0 Å². The van der Waals surface area contributed by atoms with E-state index in [0.717, 1.165) is 22.0 Å². The van der Waals surface area contributed by atoms with Gasteiger partial charge in [-0.05, 0) is 35.4 Å². The number of rotatable bonds is 6. The number of fused-ring (bicyclic) bond motifs is 1. The lowest BCUT2D eigenvalue weighted by Crippen LogP contribution is -2.48. The molecule has 1 N–H and O–H groups in total. The summed E-state index contributed by atoms with van der Waals surface area (Å²) in [5.41, 5.74) is 3.48. The maximum Gasteiger partial charge on any atom is 0.324 e. The number of carbonyl (C=O) groups is 2. The third-order valence-corrected chi connectivity index (χ3v) is 6.62. The highest BCUT2D eigenvalue weighted by Crippen LogP contribution is 2.42. The molecule has 37 heavy (non-hydrogen) atoms. The summed E-state index contributed by atoms with van der Waals surface area (Å²) >= 11 is 6.62. The fourth-order valence-electron chi connectivity index (χ4n) is 4.64. The Hall–Kier alpha value is -4.28. The molecule has 0 bridgehead atoms. The second-order valence-electron chi connectivity index (χ2n) is 9.23. The molecule has 1 aliphatic rings. The number of hydrogen-bond acceptors (Lipinski definition) is 6. The number of nitriles is 1. The predicted molar refractivity (Wildman–Crippen MR) is 137 cm³/mol. The Morgan fingerprint density at radius 2 is 1.76 bits per heavy atom. The first kappa shape index (κ1) is 24.4. The average Bonchev–Trinajstić information content (AvgIpc) is 3.29. The smallest absolute Gasteiger partial charge is 0.324 e. The van der Waals surface area contributed by atoms with Gasteiger partial charge in [-0.1, -0.05) is 54.1 Å². The van der Waals surface area contributed by atoms with E-state index in [1.54, 1.807) is 36.5 Å². The van der Waals surface area contributed by atoms with Crippen LogP contribution < -0.4 is 4.74 Å². The summed E-state index contributed by atoms with van der Waals surface area (Å²) in [5.74, 6) is -4.21. The normalized spacial score (nSPS) is 16.1. The summed E-state index contributed by atoms with van der Waals surface area (Å²) in [6.45, 7) is 3.20. The molecule has 2 heterocycles. The van der Waals surface area contributed by atoms with Gasteiger partial charge < -0.3 is 19.2 Å². The molecule has 186 valence electrons. The van der Waals surface area contributed by atoms with E-state index in [4.69, 9.17) is 25.8 Å². The number of aromatic amines is 1. The first-order chi connectivity index (χ1) is 17.8. The van der Waals surface area contributed by atoms with E-state index in [-0.39, 0.29) is 6.61 Å². The van der Waals surface area contributed by atoms with E-state index in [9.17, 15) is 14.9 Å². The summed E-state index contributed by atoms with van der Waals surface area (Å²) < 4.78 is 16.8. The van der Waals surface area contributed by atoms with Gasteiger partial charge in [-0.2, -0.15) is 5.26 Å². The summed E-state index contributed by atoms with van der Waals surface area (Å²) in [4.78, 5) is 29.5. The maximum atomic E-state index is 13.1. The lowest BCUT2D eigenvalue weighted by atomic mass is 9.80. The third-order valence-electron chi connectivity index (χ3n) is 6.33. The number of carbonyl (C=O) groups excluding carboxylic acids is 2. The van der Waals surface area contributed by atoms with E-state index in [2.05, 4.69) is 11.1 Å². The molecular weight excluding hydrogens is 492 g/mol. The van der Waals surface area contributed by atoms with Gasteiger partial charge in [0.05, 0.1) is 16.7 Å². The van der Waals surface area contributed by atoms with Crippen molar-refractivity contribution in [1.29, 1.82) is 5.26 Å². The van der Waals surface area contributed by atoms with Crippen molar-refractivity contribution in [3.05, 3.63) is 100 Å². The summed E-state index contributed by atoms with van der Waals surface area (Å²) in [6.07, 6.45) is 1.78. The lowest BCUT2D eigenvalue weighted by molar-refractivity contribution is -0.240. The minimum absolute atomic E-state index is 0.158. The molecule has 5 rings (SSSR count). The van der Waals surface area contributed by atoms with Gasteiger partial charge in [0, 0.05) is 42.4 Å². The third kappa shape index (κ3) is 4.76. The molecule has 3 aromatic carbocycles. The quantitative estimate of drug-likeness (QED) is 0.255. The first-order valence-electron chi connectivity index (χ1n) is 11.7. The molecule has 1 aliphatic heterocycles. The Bertz CT molecular complexity index is 1530. The van der Waals surface area contributed by atoms with Crippen molar-refractivity contribution in [3.63, 3.8) is 0 Å². The number of para-hydroxylation sites is 1. The van der Waals surface area contributed by atoms with Crippen molar-refractivity contribution >= 4 is 34.4 Å². The molecule has 0 amide bonds. The molecule has 1 aromatic heterocycles. The van der Waals surface area contributed by atoms with Gasteiger partial charge in [-0.25, -0.2) is 0 Å². The average molecular weight is 515 g/mol. The lowest BCUT2D eigenvalue weighted by Gasteiger charge is -2.36. The van der Waals surface area contributed by atoms with E-state index in [1.165, 1.54) is 13.8 Å². The van der Waals surface area contributed by atoms with Crippen LogP contribution in [0.1, 0.15) is 42.0 Å². The molecule has 0 saturated carbocycles. The second kappa shape index (κ2) is 9.64. The van der Waals surface area contributed by atoms with Gasteiger partial charge in [0.2, 0.25) is 0 Å². The van der Waals surface area contributed by atoms with Crippen LogP contribution in [0.15, 0.2) is 72.9 Å². The number of halogens is 1. The zero-order chi connectivity index (χ0) is 26.2. The van der Waals surface area contributed by atoms with Crippen LogP contribution in [0.25, 0.3) is 10.9 Å². The fraction of sp³-hybridized carbons (Fsp3) is 0.207. The minimum atomic E-state index is -1.34. The van der Waals surface area contributed by atoms with Crippen molar-refractivity contribution in [2.45, 2.75) is 32.2 Å². The highest BCUT2D eigenvalue weighted by atomic mass is 35.5. The van der Waals surface area contributed by atoms with Gasteiger partial charge in [0.25, 0.3) is 5.79 Å². The largest absolute Gasteiger partial charge is 0.487 e. The number of cyclic esters (lactones) is 2. The highest BCUT2D eigenvalue weighted by molar-refractivity contribution is 6.32. The van der Waals surface area contributed by atoms with Crippen LogP contribution >= 0.6 is 11.6 Å². The Balaban J connectivity index is 1.53. The number of nitrogens with one attached hydrogen (secondary N) is 1. The molecular formula is C29H23ClN2O5.